The van der Waals surface area contributed by atoms with Crippen LogP contribution < -0.4 is 11.1 Å². The van der Waals surface area contributed by atoms with Crippen molar-refractivity contribution in [2.24, 2.45) is 0 Å². The number of anilines is 2. The number of nitrogens with one attached hydrogen (secondary N) is 1. The Bertz CT molecular complexity index is 398. The van der Waals surface area contributed by atoms with Gasteiger partial charge in [-0.1, -0.05) is 0 Å². The van der Waals surface area contributed by atoms with E-state index in [9.17, 15) is 0 Å². The van der Waals surface area contributed by atoms with Crippen molar-refractivity contribution in [1.29, 1.82) is 0 Å². The lowest BCUT2D eigenvalue weighted by molar-refractivity contribution is 0.518. The third kappa shape index (κ3) is 2.04. The molecule has 0 fully saturated rings. The summed E-state index contributed by atoms with van der Waals surface area (Å²) < 4.78 is 5.16. The first-order chi connectivity index (χ1) is 6.84. The number of nitrogens with two attached hydrogens (primary N) is 1. The minimum absolute atomic E-state index is 0.615. The van der Waals surface area contributed by atoms with Crippen molar-refractivity contribution in [2.75, 3.05) is 11.1 Å². The zero-order valence-electron chi connectivity index (χ0n) is 7.60. The zero-order valence-corrected chi connectivity index (χ0v) is 7.60. The predicted octanol–water partition coefficient (Wildman–Crippen LogP) is 1.87. The molecule has 0 aliphatic carbocycles. The molecule has 14 heavy (non-hydrogen) atoms. The third-order valence-electron chi connectivity index (χ3n) is 1.81. The summed E-state index contributed by atoms with van der Waals surface area (Å²) in [6, 6.07) is 7.28. The Kier molecular flexibility index (Phi) is 2.36. The van der Waals surface area contributed by atoms with Gasteiger partial charge >= 0.3 is 0 Å². The van der Waals surface area contributed by atoms with E-state index in [1.165, 1.54) is 0 Å². The molecule has 0 atom stereocenters. The van der Waals surface area contributed by atoms with Gasteiger partial charge in [0.05, 0.1) is 12.8 Å². The van der Waals surface area contributed by atoms with Gasteiger partial charge in [-0.25, -0.2) is 4.98 Å². The fourth-order valence-corrected chi connectivity index (χ4v) is 1.13. The maximum absolute atomic E-state index is 5.60. The summed E-state index contributed by atoms with van der Waals surface area (Å²) in [5.74, 6) is 1.62. The molecule has 3 N–H and O–H groups in total. The number of hydrogen-bond donors (Lipinski definition) is 2. The number of nitrogens with zero attached hydrogens (tertiary/aromatic N) is 1. The van der Waals surface area contributed by atoms with Crippen LogP contribution in [0.2, 0.25) is 0 Å². The lowest BCUT2D eigenvalue weighted by Crippen LogP contribution is -2.00. The molecule has 0 aliphatic heterocycles. The Balaban J connectivity index is 1.98. The summed E-state index contributed by atoms with van der Waals surface area (Å²) in [5.41, 5.74) is 6.30. The normalized spacial score (nSPS) is 10.0. The molecule has 4 heteroatoms. The molecule has 72 valence electrons. The van der Waals surface area contributed by atoms with E-state index in [1.807, 2.05) is 12.1 Å². The van der Waals surface area contributed by atoms with Gasteiger partial charge in [-0.15, -0.1) is 0 Å². The zero-order chi connectivity index (χ0) is 9.80. The van der Waals surface area contributed by atoms with Crippen LogP contribution >= 0.6 is 0 Å². The van der Waals surface area contributed by atoms with Crippen molar-refractivity contribution in [3.05, 3.63) is 42.5 Å². The second-order valence-electron chi connectivity index (χ2n) is 2.91. The van der Waals surface area contributed by atoms with Crippen LogP contribution in [0.5, 0.6) is 0 Å². The van der Waals surface area contributed by atoms with Crippen LogP contribution in [0.1, 0.15) is 5.76 Å². The highest BCUT2D eigenvalue weighted by Crippen LogP contribution is 2.09. The smallest absolute Gasteiger partial charge is 0.128 e. The van der Waals surface area contributed by atoms with E-state index in [0.717, 1.165) is 11.6 Å². The highest BCUT2D eigenvalue weighted by Gasteiger charge is 1.96. The van der Waals surface area contributed by atoms with Gasteiger partial charge in [0, 0.05) is 18.0 Å². The van der Waals surface area contributed by atoms with E-state index in [0.29, 0.717) is 12.2 Å². The van der Waals surface area contributed by atoms with Crippen LogP contribution in [-0.4, -0.2) is 4.98 Å². The lowest BCUT2D eigenvalue weighted by Gasteiger charge is -2.03. The summed E-state index contributed by atoms with van der Waals surface area (Å²) in [6.07, 6.45) is 3.31. The summed E-state index contributed by atoms with van der Waals surface area (Å²) in [7, 11) is 0. The monoisotopic (exact) mass is 189 g/mol. The van der Waals surface area contributed by atoms with E-state index in [-0.39, 0.29) is 0 Å². The van der Waals surface area contributed by atoms with Crippen molar-refractivity contribution in [3.63, 3.8) is 0 Å². The van der Waals surface area contributed by atoms with Gasteiger partial charge in [0.15, 0.2) is 0 Å². The largest absolute Gasteiger partial charge is 0.467 e. The van der Waals surface area contributed by atoms with Crippen molar-refractivity contribution < 1.29 is 4.42 Å². The molecule has 0 aliphatic rings. The van der Waals surface area contributed by atoms with Gasteiger partial charge in [0.2, 0.25) is 0 Å². The van der Waals surface area contributed by atoms with E-state index in [4.69, 9.17) is 10.2 Å². The molecule has 2 rings (SSSR count). The number of pyridine rings is 1. The average molecular weight is 189 g/mol. The number of furan rings is 1. The van der Waals surface area contributed by atoms with Crippen molar-refractivity contribution in [2.45, 2.75) is 6.54 Å². The molecule has 2 heterocycles. The third-order valence-corrected chi connectivity index (χ3v) is 1.81. The highest BCUT2D eigenvalue weighted by atomic mass is 16.3. The van der Waals surface area contributed by atoms with Crippen LogP contribution in [0.4, 0.5) is 11.5 Å². The molecule has 0 saturated heterocycles. The Hall–Kier alpha value is -1.97. The maximum Gasteiger partial charge on any atom is 0.128 e. The molecule has 0 aromatic carbocycles. The summed E-state index contributed by atoms with van der Waals surface area (Å²) in [4.78, 5) is 4.11. The number of aromatic nitrogens is 1. The van der Waals surface area contributed by atoms with Crippen LogP contribution in [-0.2, 0) is 6.54 Å². The summed E-state index contributed by atoms with van der Waals surface area (Å²) in [6.45, 7) is 0.615. The fourth-order valence-electron chi connectivity index (χ4n) is 1.13. The van der Waals surface area contributed by atoms with Gasteiger partial charge in [0.25, 0.3) is 0 Å². The molecule has 0 radical (unpaired) electrons. The second kappa shape index (κ2) is 3.83. The average Bonchev–Trinajstić information content (AvgIpc) is 2.67. The Morgan fingerprint density at radius 2 is 2.36 bits per heavy atom. The molecule has 0 spiro atoms. The molecular formula is C10H11N3O. The number of nitrogen functional groups attached to an aromatic ring is 1. The highest BCUT2D eigenvalue weighted by molar-refractivity contribution is 5.48. The van der Waals surface area contributed by atoms with Gasteiger partial charge in [0.1, 0.15) is 11.6 Å². The van der Waals surface area contributed by atoms with E-state index >= 15 is 0 Å². The molecule has 0 amide bonds. The Morgan fingerprint density at radius 1 is 1.43 bits per heavy atom. The van der Waals surface area contributed by atoms with Crippen LogP contribution in [0.25, 0.3) is 0 Å². The topological polar surface area (TPSA) is 64.1 Å². The number of hydrogen-bond acceptors (Lipinski definition) is 4. The predicted molar refractivity (Wildman–Crippen MR) is 54.7 cm³/mol. The first-order valence-electron chi connectivity index (χ1n) is 4.32. The minimum Gasteiger partial charge on any atom is -0.467 e. The van der Waals surface area contributed by atoms with Crippen molar-refractivity contribution >= 4 is 11.5 Å². The Labute approximate surface area is 81.8 Å². The van der Waals surface area contributed by atoms with Crippen LogP contribution in [0, 0.1) is 0 Å². The summed E-state index contributed by atoms with van der Waals surface area (Å²) in [5, 5.41) is 3.10. The Morgan fingerprint density at radius 3 is 3.07 bits per heavy atom. The fraction of sp³-hybridized carbons (Fsp3) is 0.100. The second-order valence-corrected chi connectivity index (χ2v) is 2.91. The van der Waals surface area contributed by atoms with Crippen molar-refractivity contribution in [3.8, 4) is 0 Å². The first kappa shape index (κ1) is 8.62. The first-order valence-corrected chi connectivity index (χ1v) is 4.32. The van der Waals surface area contributed by atoms with Gasteiger partial charge in [-0.2, -0.15) is 0 Å². The molecule has 4 nitrogen and oxygen atoms in total. The van der Waals surface area contributed by atoms with E-state index < -0.39 is 0 Å². The lowest BCUT2D eigenvalue weighted by atomic mass is 10.4. The van der Waals surface area contributed by atoms with E-state index in [2.05, 4.69) is 10.3 Å². The van der Waals surface area contributed by atoms with Crippen LogP contribution in [0.15, 0.2) is 41.1 Å². The van der Waals surface area contributed by atoms with Crippen LogP contribution in [0.3, 0.4) is 0 Å². The van der Waals surface area contributed by atoms with E-state index in [1.54, 1.807) is 24.6 Å². The summed E-state index contributed by atoms with van der Waals surface area (Å²) >= 11 is 0. The van der Waals surface area contributed by atoms with Crippen molar-refractivity contribution in [1.82, 2.24) is 4.98 Å². The van der Waals surface area contributed by atoms with Gasteiger partial charge in [-0.05, 0) is 18.2 Å². The quantitative estimate of drug-likeness (QED) is 0.773. The molecule has 2 aromatic heterocycles. The molecule has 0 unspecified atom stereocenters. The molecule has 2 aromatic rings. The standard InChI is InChI=1S/C10H11N3O/c11-8-3-4-12-10(6-8)13-7-9-2-1-5-14-9/h1-6H,7H2,(H3,11,12,13). The molecular weight excluding hydrogens is 178 g/mol. The molecule has 0 saturated carbocycles. The molecule has 0 bridgehead atoms. The minimum atomic E-state index is 0.615. The van der Waals surface area contributed by atoms with Gasteiger partial charge in [-0.3, -0.25) is 0 Å². The van der Waals surface area contributed by atoms with Gasteiger partial charge < -0.3 is 15.5 Å². The SMILES string of the molecule is Nc1ccnc(NCc2ccco2)c1. The maximum atomic E-state index is 5.60. The number of rotatable bonds is 3.